The van der Waals surface area contributed by atoms with Crippen LogP contribution in [0.3, 0.4) is 0 Å². The van der Waals surface area contributed by atoms with Crippen molar-refractivity contribution in [3.63, 3.8) is 0 Å². The fraction of sp³-hybridized carbons (Fsp3) is 0.310. The maximum Gasteiger partial charge on any atom is 0.256 e. The molecule has 8 nitrogen and oxygen atoms in total. The second-order valence-corrected chi connectivity index (χ2v) is 10.1. The van der Waals surface area contributed by atoms with Gasteiger partial charge in [0.05, 0.1) is 17.2 Å². The van der Waals surface area contributed by atoms with Crippen LogP contribution in [-0.2, 0) is 16.1 Å². The fourth-order valence-electron chi connectivity index (χ4n) is 5.08. The number of aromatic nitrogens is 1. The summed E-state index contributed by atoms with van der Waals surface area (Å²) < 4.78 is 6.27. The van der Waals surface area contributed by atoms with Crippen molar-refractivity contribution in [2.75, 3.05) is 19.7 Å². The minimum absolute atomic E-state index is 0.0783. The minimum Gasteiger partial charge on any atom is -0.353 e. The van der Waals surface area contributed by atoms with Gasteiger partial charge in [0, 0.05) is 50.4 Å². The Morgan fingerprint density at radius 2 is 1.76 bits per heavy atom. The van der Waals surface area contributed by atoms with E-state index in [2.05, 4.69) is 10.3 Å². The number of rotatable bonds is 5. The lowest BCUT2D eigenvalue weighted by Crippen LogP contribution is -2.59. The average molecular weight is 533 g/mol. The van der Waals surface area contributed by atoms with Gasteiger partial charge in [-0.2, -0.15) is 0 Å². The number of pyridine rings is 1. The van der Waals surface area contributed by atoms with Crippen LogP contribution < -0.4 is 5.32 Å². The molecule has 0 bridgehead atoms. The number of carbonyl (C=O) groups is 3. The Bertz CT molecular complexity index is 1320. The van der Waals surface area contributed by atoms with Crippen molar-refractivity contribution in [2.24, 2.45) is 0 Å². The molecule has 1 N–H and O–H groups in total. The topological polar surface area (TPSA) is 91.8 Å². The SMILES string of the molecule is Cc1ccc(C(=O)N2[C@H](C(=O)NCc3cccnc3)COC23CCN(C(=O)c2ccccc2Cl)CC3)cc1. The first kappa shape index (κ1) is 25.9. The zero-order valence-corrected chi connectivity index (χ0v) is 21.9. The highest BCUT2D eigenvalue weighted by Gasteiger charge is 2.54. The number of nitrogens with one attached hydrogen (secondary N) is 1. The molecule has 2 aromatic carbocycles. The van der Waals surface area contributed by atoms with Gasteiger partial charge in [0.25, 0.3) is 11.8 Å². The van der Waals surface area contributed by atoms with E-state index in [4.69, 9.17) is 16.3 Å². The van der Waals surface area contributed by atoms with Crippen molar-refractivity contribution in [1.29, 1.82) is 0 Å². The van der Waals surface area contributed by atoms with Crippen molar-refractivity contribution in [3.05, 3.63) is 100 Å². The van der Waals surface area contributed by atoms with E-state index in [1.807, 2.05) is 25.1 Å². The Kier molecular flexibility index (Phi) is 7.44. The van der Waals surface area contributed by atoms with E-state index in [9.17, 15) is 14.4 Å². The normalized spacial score (nSPS) is 18.4. The Hall–Kier alpha value is -3.75. The smallest absolute Gasteiger partial charge is 0.256 e. The molecule has 2 aliphatic rings. The van der Waals surface area contributed by atoms with Crippen molar-refractivity contribution in [2.45, 2.75) is 38.1 Å². The van der Waals surface area contributed by atoms with Crippen molar-refractivity contribution >= 4 is 29.3 Å². The summed E-state index contributed by atoms with van der Waals surface area (Å²) in [5.74, 6) is -0.721. The Balaban J connectivity index is 1.37. The summed E-state index contributed by atoms with van der Waals surface area (Å²) in [5.41, 5.74) is 1.83. The lowest BCUT2D eigenvalue weighted by molar-refractivity contribution is -0.128. The van der Waals surface area contributed by atoms with Crippen molar-refractivity contribution < 1.29 is 19.1 Å². The molecule has 196 valence electrons. The molecule has 38 heavy (non-hydrogen) atoms. The van der Waals surface area contributed by atoms with Crippen LogP contribution in [0.25, 0.3) is 0 Å². The van der Waals surface area contributed by atoms with Crippen LogP contribution in [0.5, 0.6) is 0 Å². The van der Waals surface area contributed by atoms with Crippen LogP contribution in [-0.4, -0.2) is 64.0 Å². The Morgan fingerprint density at radius 3 is 2.45 bits per heavy atom. The third-order valence-electron chi connectivity index (χ3n) is 7.21. The molecule has 0 radical (unpaired) electrons. The molecular formula is C29H29ClN4O4. The van der Waals surface area contributed by atoms with Crippen LogP contribution >= 0.6 is 11.6 Å². The molecule has 2 aliphatic heterocycles. The number of hydrogen-bond donors (Lipinski definition) is 1. The summed E-state index contributed by atoms with van der Waals surface area (Å²) in [4.78, 5) is 47.8. The van der Waals surface area contributed by atoms with Crippen LogP contribution in [0.2, 0.25) is 5.02 Å². The number of halogens is 1. The fourth-order valence-corrected chi connectivity index (χ4v) is 5.29. The van der Waals surface area contributed by atoms with Crippen LogP contribution in [0, 0.1) is 6.92 Å². The third-order valence-corrected chi connectivity index (χ3v) is 7.54. The number of aryl methyl sites for hydroxylation is 1. The van der Waals surface area contributed by atoms with Gasteiger partial charge < -0.3 is 15.0 Å². The number of hydrogen-bond acceptors (Lipinski definition) is 5. The van der Waals surface area contributed by atoms with E-state index in [1.165, 1.54) is 0 Å². The molecule has 9 heteroatoms. The number of likely N-dealkylation sites (tertiary alicyclic amines) is 1. The molecule has 1 spiro atoms. The first-order chi connectivity index (χ1) is 18.4. The molecular weight excluding hydrogens is 504 g/mol. The first-order valence-electron chi connectivity index (χ1n) is 12.6. The maximum absolute atomic E-state index is 13.9. The number of ether oxygens (including phenoxy) is 1. The summed E-state index contributed by atoms with van der Waals surface area (Å²) in [6.45, 7) is 3.06. The van der Waals surface area contributed by atoms with Gasteiger partial charge in [-0.15, -0.1) is 0 Å². The Morgan fingerprint density at radius 1 is 1.03 bits per heavy atom. The van der Waals surface area contributed by atoms with E-state index < -0.39 is 11.8 Å². The molecule has 0 aliphatic carbocycles. The molecule has 2 saturated heterocycles. The lowest BCUT2D eigenvalue weighted by atomic mass is 9.96. The highest BCUT2D eigenvalue weighted by atomic mass is 35.5. The summed E-state index contributed by atoms with van der Waals surface area (Å²) in [7, 11) is 0. The van der Waals surface area contributed by atoms with Gasteiger partial charge >= 0.3 is 0 Å². The predicted molar refractivity (Wildman–Crippen MR) is 142 cm³/mol. The summed E-state index contributed by atoms with van der Waals surface area (Å²) in [6, 6.07) is 17.1. The van der Waals surface area contributed by atoms with Gasteiger partial charge in [-0.3, -0.25) is 24.3 Å². The molecule has 3 heterocycles. The van der Waals surface area contributed by atoms with Gasteiger partial charge in [-0.1, -0.05) is 47.5 Å². The highest BCUT2D eigenvalue weighted by molar-refractivity contribution is 6.33. The van der Waals surface area contributed by atoms with Crippen molar-refractivity contribution in [1.82, 2.24) is 20.1 Å². The van der Waals surface area contributed by atoms with Crippen LogP contribution in [0.15, 0.2) is 73.1 Å². The first-order valence-corrected chi connectivity index (χ1v) is 13.0. The van der Waals surface area contributed by atoms with Gasteiger partial charge in [0.2, 0.25) is 5.91 Å². The predicted octanol–water partition coefficient (Wildman–Crippen LogP) is 3.83. The third kappa shape index (κ3) is 5.14. The van der Waals surface area contributed by atoms with E-state index in [0.29, 0.717) is 48.6 Å². The molecule has 1 atom stereocenters. The molecule has 0 unspecified atom stereocenters. The number of amides is 3. The standard InChI is InChI=1S/C29H29ClN4O4/c1-20-8-10-22(11-9-20)27(36)34-25(26(35)32-18-21-5-4-14-31-17-21)19-38-29(34)12-15-33(16-13-29)28(37)23-6-2-3-7-24(23)30/h2-11,14,17,25H,12-13,15-16,18-19H2,1H3,(H,32,35)/t25-/m0/s1. The quantitative estimate of drug-likeness (QED) is 0.539. The zero-order valence-electron chi connectivity index (χ0n) is 21.1. The monoisotopic (exact) mass is 532 g/mol. The Labute approximate surface area is 226 Å². The second kappa shape index (κ2) is 10.9. The number of piperidine rings is 1. The molecule has 2 fully saturated rings. The van der Waals surface area contributed by atoms with Gasteiger partial charge in [-0.05, 0) is 42.8 Å². The summed E-state index contributed by atoms with van der Waals surface area (Å²) in [6.07, 6.45) is 4.12. The van der Waals surface area contributed by atoms with Gasteiger partial charge in [0.15, 0.2) is 0 Å². The highest BCUT2D eigenvalue weighted by Crippen LogP contribution is 2.39. The molecule has 3 aromatic rings. The van der Waals surface area contributed by atoms with Crippen LogP contribution in [0.1, 0.15) is 44.7 Å². The van der Waals surface area contributed by atoms with E-state index >= 15 is 0 Å². The van der Waals surface area contributed by atoms with Crippen LogP contribution in [0.4, 0.5) is 0 Å². The molecule has 5 rings (SSSR count). The van der Waals surface area contributed by atoms with E-state index in [-0.39, 0.29) is 24.3 Å². The molecule has 0 saturated carbocycles. The van der Waals surface area contributed by atoms with Crippen molar-refractivity contribution in [3.8, 4) is 0 Å². The van der Waals surface area contributed by atoms with Gasteiger partial charge in [0.1, 0.15) is 11.8 Å². The largest absolute Gasteiger partial charge is 0.353 e. The summed E-state index contributed by atoms with van der Waals surface area (Å²) in [5, 5.41) is 3.33. The number of nitrogens with zero attached hydrogens (tertiary/aromatic N) is 3. The molecule has 1 aromatic heterocycles. The van der Waals surface area contributed by atoms with Gasteiger partial charge in [-0.25, -0.2) is 0 Å². The minimum atomic E-state index is -0.991. The lowest BCUT2D eigenvalue weighted by Gasteiger charge is -2.44. The maximum atomic E-state index is 13.9. The second-order valence-electron chi connectivity index (χ2n) is 9.67. The number of carbonyl (C=O) groups excluding carboxylic acids is 3. The van der Waals surface area contributed by atoms with E-state index in [1.54, 1.807) is 64.7 Å². The average Bonchev–Trinajstić information content (AvgIpc) is 3.31. The van der Waals surface area contributed by atoms with E-state index in [0.717, 1.165) is 11.1 Å². The molecule has 3 amide bonds. The summed E-state index contributed by atoms with van der Waals surface area (Å²) >= 11 is 6.26. The zero-order chi connectivity index (χ0) is 26.7. The number of benzene rings is 2.